The second kappa shape index (κ2) is 3.17. The summed E-state index contributed by atoms with van der Waals surface area (Å²) in [6.45, 7) is 3.37. The lowest BCUT2D eigenvalue weighted by Crippen LogP contribution is -2.27. The number of likely N-dealkylation sites (N-methyl/N-ethyl adjacent to an activating group) is 1. The summed E-state index contributed by atoms with van der Waals surface area (Å²) in [5.74, 6) is 0. The van der Waals surface area contributed by atoms with Gasteiger partial charge < -0.3 is 5.11 Å². The molecule has 0 bridgehead atoms. The number of aliphatic hydroxyl groups excluding tert-OH is 1. The van der Waals surface area contributed by atoms with E-state index in [0.29, 0.717) is 6.04 Å². The van der Waals surface area contributed by atoms with Crippen LogP contribution >= 0.6 is 0 Å². The van der Waals surface area contributed by atoms with Crippen molar-refractivity contribution >= 4 is 0 Å². The van der Waals surface area contributed by atoms with Gasteiger partial charge in [-0.15, -0.1) is 0 Å². The molecule has 1 aliphatic rings. The molecule has 1 unspecified atom stereocenters. The van der Waals surface area contributed by atoms with Gasteiger partial charge >= 0.3 is 0 Å². The van der Waals surface area contributed by atoms with Gasteiger partial charge in [-0.2, -0.15) is 0 Å². The molecule has 0 saturated carbocycles. The fraction of sp³-hybridized carbons (Fsp3) is 0.750. The van der Waals surface area contributed by atoms with Crippen LogP contribution < -0.4 is 0 Å². The van der Waals surface area contributed by atoms with E-state index in [0.717, 1.165) is 13.0 Å². The normalized spacial score (nSPS) is 31.9. The number of aliphatic hydroxyl groups is 1. The number of hydrogen-bond acceptors (Lipinski definition) is 2. The van der Waals surface area contributed by atoms with Crippen LogP contribution in [0.5, 0.6) is 0 Å². The van der Waals surface area contributed by atoms with Gasteiger partial charge in [0.1, 0.15) is 0 Å². The van der Waals surface area contributed by atoms with Crippen molar-refractivity contribution < 1.29 is 5.11 Å². The molecule has 1 fully saturated rings. The van der Waals surface area contributed by atoms with E-state index < -0.39 is 0 Å². The summed E-state index contributed by atoms with van der Waals surface area (Å²) in [5, 5.41) is 8.88. The van der Waals surface area contributed by atoms with E-state index in [1.54, 1.807) is 0 Å². The van der Waals surface area contributed by atoms with Gasteiger partial charge in [0.15, 0.2) is 0 Å². The molecule has 0 radical (unpaired) electrons. The monoisotopic (exact) mass is 141 g/mol. The molecule has 1 saturated heterocycles. The molecule has 0 amide bonds. The summed E-state index contributed by atoms with van der Waals surface area (Å²) < 4.78 is 0. The fourth-order valence-corrected chi connectivity index (χ4v) is 1.39. The highest BCUT2D eigenvalue weighted by Gasteiger charge is 2.22. The molecule has 0 aromatic rings. The van der Waals surface area contributed by atoms with Crippen LogP contribution in [0.1, 0.15) is 13.3 Å². The van der Waals surface area contributed by atoms with Crippen molar-refractivity contribution in [3.05, 3.63) is 11.6 Å². The zero-order valence-electron chi connectivity index (χ0n) is 6.67. The highest BCUT2D eigenvalue weighted by molar-refractivity contribution is 5.11. The SMILES string of the molecule is C/C=C1/CC(CO)N(C)C1. The molecule has 1 heterocycles. The van der Waals surface area contributed by atoms with Gasteiger partial charge in [0, 0.05) is 12.6 Å². The zero-order chi connectivity index (χ0) is 7.56. The summed E-state index contributed by atoms with van der Waals surface area (Å²) in [5.41, 5.74) is 1.45. The average Bonchev–Trinajstić information content (AvgIpc) is 2.30. The Hall–Kier alpha value is -0.340. The molecule has 2 heteroatoms. The second-order valence-corrected chi connectivity index (χ2v) is 2.90. The van der Waals surface area contributed by atoms with E-state index in [1.807, 2.05) is 0 Å². The van der Waals surface area contributed by atoms with E-state index in [1.165, 1.54) is 5.57 Å². The van der Waals surface area contributed by atoms with Gasteiger partial charge in [-0.25, -0.2) is 0 Å². The molecule has 10 heavy (non-hydrogen) atoms. The molecule has 0 aromatic heterocycles. The standard InChI is InChI=1S/C8H15NO/c1-3-7-4-8(6-10)9(2)5-7/h3,8,10H,4-6H2,1-2H3/b7-3-. The highest BCUT2D eigenvalue weighted by Crippen LogP contribution is 2.19. The molecular formula is C8H15NO. The minimum Gasteiger partial charge on any atom is -0.395 e. The third-order valence-corrected chi connectivity index (χ3v) is 2.19. The summed E-state index contributed by atoms with van der Waals surface area (Å²) in [4.78, 5) is 2.19. The van der Waals surface area contributed by atoms with Crippen LogP contribution in [0.25, 0.3) is 0 Å². The molecule has 1 rings (SSSR count). The summed E-state index contributed by atoms with van der Waals surface area (Å²) in [7, 11) is 2.05. The number of rotatable bonds is 1. The van der Waals surface area contributed by atoms with Gasteiger partial charge in [-0.3, -0.25) is 4.90 Å². The Morgan fingerprint density at radius 3 is 2.80 bits per heavy atom. The smallest absolute Gasteiger partial charge is 0.0590 e. The molecule has 0 aromatic carbocycles. The first kappa shape index (κ1) is 7.76. The van der Waals surface area contributed by atoms with Crippen LogP contribution in [-0.2, 0) is 0 Å². The zero-order valence-corrected chi connectivity index (χ0v) is 6.67. The minimum atomic E-state index is 0.286. The molecule has 2 nitrogen and oxygen atoms in total. The molecule has 0 spiro atoms. The van der Waals surface area contributed by atoms with Crippen LogP contribution in [0.15, 0.2) is 11.6 Å². The predicted molar refractivity (Wildman–Crippen MR) is 41.9 cm³/mol. The number of allylic oxidation sites excluding steroid dienone is 1. The summed E-state index contributed by atoms with van der Waals surface area (Å²) >= 11 is 0. The lowest BCUT2D eigenvalue weighted by Gasteiger charge is -2.14. The number of hydrogen-bond donors (Lipinski definition) is 1. The van der Waals surface area contributed by atoms with Gasteiger partial charge in [-0.05, 0) is 20.4 Å². The largest absolute Gasteiger partial charge is 0.395 e. The topological polar surface area (TPSA) is 23.5 Å². The van der Waals surface area contributed by atoms with Crippen LogP contribution in [0.4, 0.5) is 0 Å². The van der Waals surface area contributed by atoms with Crippen molar-refractivity contribution in [2.24, 2.45) is 0 Å². The summed E-state index contributed by atoms with van der Waals surface area (Å²) in [6.07, 6.45) is 3.19. The Morgan fingerprint density at radius 2 is 2.50 bits per heavy atom. The van der Waals surface area contributed by atoms with Crippen molar-refractivity contribution in [3.8, 4) is 0 Å². The first-order chi connectivity index (χ1) is 4.77. The fourth-order valence-electron chi connectivity index (χ4n) is 1.39. The Labute approximate surface area is 62.2 Å². The van der Waals surface area contributed by atoms with Gasteiger partial charge in [0.05, 0.1) is 6.61 Å². The molecular weight excluding hydrogens is 126 g/mol. The third kappa shape index (κ3) is 1.39. The van der Waals surface area contributed by atoms with E-state index in [9.17, 15) is 0 Å². The molecule has 0 aliphatic carbocycles. The van der Waals surface area contributed by atoms with Crippen LogP contribution in [-0.4, -0.2) is 36.2 Å². The van der Waals surface area contributed by atoms with Crippen molar-refractivity contribution in [1.29, 1.82) is 0 Å². The molecule has 1 N–H and O–H groups in total. The lowest BCUT2D eigenvalue weighted by atomic mass is 10.1. The number of nitrogens with zero attached hydrogens (tertiary/aromatic N) is 1. The molecule has 1 atom stereocenters. The Bertz CT molecular complexity index is 142. The second-order valence-electron chi connectivity index (χ2n) is 2.90. The van der Waals surface area contributed by atoms with Crippen LogP contribution in [0, 0.1) is 0 Å². The van der Waals surface area contributed by atoms with Crippen LogP contribution in [0.2, 0.25) is 0 Å². The van der Waals surface area contributed by atoms with Crippen molar-refractivity contribution in [1.82, 2.24) is 4.90 Å². The minimum absolute atomic E-state index is 0.286. The number of likely N-dealkylation sites (tertiary alicyclic amines) is 1. The first-order valence-corrected chi connectivity index (χ1v) is 3.73. The Kier molecular flexibility index (Phi) is 2.46. The molecule has 58 valence electrons. The lowest BCUT2D eigenvalue weighted by molar-refractivity contribution is 0.182. The highest BCUT2D eigenvalue weighted by atomic mass is 16.3. The van der Waals surface area contributed by atoms with Crippen molar-refractivity contribution in [3.63, 3.8) is 0 Å². The van der Waals surface area contributed by atoms with E-state index in [2.05, 4.69) is 24.9 Å². The van der Waals surface area contributed by atoms with Crippen LogP contribution in [0.3, 0.4) is 0 Å². The maximum absolute atomic E-state index is 8.88. The maximum Gasteiger partial charge on any atom is 0.0590 e. The van der Waals surface area contributed by atoms with Gasteiger partial charge in [0.25, 0.3) is 0 Å². The third-order valence-electron chi connectivity index (χ3n) is 2.19. The van der Waals surface area contributed by atoms with E-state index >= 15 is 0 Å². The first-order valence-electron chi connectivity index (χ1n) is 3.73. The quantitative estimate of drug-likeness (QED) is 0.541. The van der Waals surface area contributed by atoms with Crippen molar-refractivity contribution in [2.75, 3.05) is 20.2 Å². The van der Waals surface area contributed by atoms with Crippen molar-refractivity contribution in [2.45, 2.75) is 19.4 Å². The Balaban J connectivity index is 2.52. The van der Waals surface area contributed by atoms with Gasteiger partial charge in [0.2, 0.25) is 0 Å². The molecule has 1 aliphatic heterocycles. The van der Waals surface area contributed by atoms with E-state index in [4.69, 9.17) is 5.11 Å². The maximum atomic E-state index is 8.88. The van der Waals surface area contributed by atoms with E-state index in [-0.39, 0.29) is 6.61 Å². The predicted octanol–water partition coefficient (Wildman–Crippen LogP) is 0.629. The average molecular weight is 141 g/mol. The van der Waals surface area contributed by atoms with Gasteiger partial charge in [-0.1, -0.05) is 11.6 Å². The summed E-state index contributed by atoms with van der Waals surface area (Å²) in [6, 6.07) is 0.367. The Morgan fingerprint density at radius 1 is 1.80 bits per heavy atom.